The maximum atomic E-state index is 14.4. The molecule has 12 rings (SSSR count). The third-order valence-corrected chi connectivity index (χ3v) is 22.8. The van der Waals surface area contributed by atoms with Crippen LogP contribution >= 0.6 is 45.3 Å². The van der Waals surface area contributed by atoms with Gasteiger partial charge >= 0.3 is 0 Å². The second-order valence-electron chi connectivity index (χ2n) is 23.8. The quantitative estimate of drug-likeness (QED) is 0.0493. The topological polar surface area (TPSA) is 84.0 Å². The standard InChI is InChI=1S/C70H76N2O4S4/c1-8-13-19-41(11-4)34-45-26-29-58(78-45)62-49-31-33-77-68(49)63(59-30-27-46(79-59)35-42(12-5)20-14-9-2)50-39-60(80-69(50)62)43-25-28-55-52(36-43)70(6,7)61(71(55)32-15-10-3)40-51-66(75)65(67(51)76)64-56(73)37-44(38-57(64)74)72-53-23-17-16-21-47(53)48-22-18-24-54(48)72/h16-17,21,23,25-31,33,36-42,48,54H,8-15,18-20,22,24,32,34-35H2,1-7H3,(H2,73,74,75,76)/p+1. The second-order valence-corrected chi connectivity index (χ2v) is 28.1. The van der Waals surface area contributed by atoms with Gasteiger partial charge in [-0.25, -0.2) is 0 Å². The van der Waals surface area contributed by atoms with E-state index >= 15 is 0 Å². The van der Waals surface area contributed by atoms with Gasteiger partial charge in [-0.05, 0) is 122 Å². The van der Waals surface area contributed by atoms with E-state index in [2.05, 4.69) is 136 Å². The number of aromatic hydroxyl groups is 2. The van der Waals surface area contributed by atoms with Crippen LogP contribution in [0.5, 0.6) is 11.5 Å². The van der Waals surface area contributed by atoms with E-state index in [0.717, 1.165) is 68.6 Å². The molecule has 1 saturated carbocycles. The second kappa shape index (κ2) is 22.5. The number of rotatable bonds is 21. The summed E-state index contributed by atoms with van der Waals surface area (Å²) in [5.41, 5.74) is 9.78. The Morgan fingerprint density at radius 3 is 2.01 bits per heavy atom. The summed E-state index contributed by atoms with van der Waals surface area (Å²) in [4.78, 5) is 23.6. The van der Waals surface area contributed by atoms with E-state index in [1.165, 1.54) is 124 Å². The number of anilines is 2. The highest BCUT2D eigenvalue weighted by Crippen LogP contribution is 2.56. The molecule has 0 saturated heterocycles. The summed E-state index contributed by atoms with van der Waals surface area (Å²) in [6.45, 7) is 16.7. The molecule has 0 amide bonds. The minimum Gasteiger partial charge on any atom is -0.507 e. The Morgan fingerprint density at radius 2 is 1.36 bits per heavy atom. The van der Waals surface area contributed by atoms with E-state index in [4.69, 9.17) is 0 Å². The van der Waals surface area contributed by atoms with Gasteiger partial charge in [0.05, 0.1) is 22.1 Å². The molecule has 6 nitrogen and oxygen atoms in total. The molecule has 0 spiro atoms. The van der Waals surface area contributed by atoms with Crippen molar-refractivity contribution in [2.75, 3.05) is 11.4 Å². The molecule has 8 aromatic rings. The molecule has 2 aliphatic heterocycles. The van der Waals surface area contributed by atoms with E-state index in [9.17, 15) is 20.1 Å². The first-order valence-electron chi connectivity index (χ1n) is 30.0. The van der Waals surface area contributed by atoms with E-state index < -0.39 is 11.2 Å². The van der Waals surface area contributed by atoms with Gasteiger partial charge in [0.15, 0.2) is 5.71 Å². The predicted molar refractivity (Wildman–Crippen MR) is 342 cm³/mol. The third kappa shape index (κ3) is 9.51. The zero-order valence-electron chi connectivity index (χ0n) is 47.7. The van der Waals surface area contributed by atoms with Gasteiger partial charge in [0.2, 0.25) is 11.5 Å². The Morgan fingerprint density at radius 1 is 0.700 bits per heavy atom. The van der Waals surface area contributed by atoms with Crippen LogP contribution in [0.25, 0.3) is 57.1 Å². The number of nitrogens with zero attached hydrogens (tertiary/aromatic N) is 2. The number of thiophene rings is 4. The zero-order valence-corrected chi connectivity index (χ0v) is 51.0. The highest BCUT2D eigenvalue weighted by molar-refractivity contribution is 7.25. The fourth-order valence-electron chi connectivity index (χ4n) is 13.9. The summed E-state index contributed by atoms with van der Waals surface area (Å²) in [6.07, 6.45) is 19.4. The highest BCUT2D eigenvalue weighted by Gasteiger charge is 2.48. The number of fused-ring (bicyclic) bond motifs is 6. The normalized spacial score (nSPS) is 18.8. The number of hydrogen-bond acceptors (Lipinski definition) is 9. The Labute approximate surface area is 489 Å². The van der Waals surface area contributed by atoms with Crippen molar-refractivity contribution in [3.05, 3.63) is 140 Å². The molecular formula is C70H77N2O4S4+. The zero-order chi connectivity index (χ0) is 55.6. The molecule has 4 aromatic heterocycles. The number of phenolic OH excluding ortho intramolecular Hbond substituents is 2. The highest BCUT2D eigenvalue weighted by atomic mass is 32.1. The monoisotopic (exact) mass is 1140 g/mol. The molecule has 414 valence electrons. The van der Waals surface area contributed by atoms with Crippen molar-refractivity contribution in [1.82, 2.24) is 0 Å². The number of Topliss-reactive ketones (excluding diaryl/α,β-unsaturated/α-hetero) is 1. The molecule has 1 fully saturated rings. The first-order chi connectivity index (χ1) is 38.9. The lowest BCUT2D eigenvalue weighted by molar-refractivity contribution is -0.438. The molecular weight excluding hydrogens is 1060 g/mol. The van der Waals surface area contributed by atoms with Crippen LogP contribution in [0.3, 0.4) is 0 Å². The smallest absolute Gasteiger partial charge is 0.209 e. The van der Waals surface area contributed by atoms with Gasteiger partial charge in [-0.2, -0.15) is 4.58 Å². The fraction of sp³-hybridized carbons (Fsp3) is 0.400. The van der Waals surface area contributed by atoms with E-state index in [-0.39, 0.29) is 40.0 Å². The number of aliphatic hydroxyl groups is 1. The van der Waals surface area contributed by atoms with Crippen LogP contribution in [0.2, 0.25) is 0 Å². The number of phenols is 2. The van der Waals surface area contributed by atoms with Crippen molar-refractivity contribution < 1.29 is 24.7 Å². The average molecular weight is 1140 g/mol. The number of carbonyl (C=O) groups is 1. The predicted octanol–water partition coefficient (Wildman–Crippen LogP) is 20.6. The lowest BCUT2D eigenvalue weighted by Crippen LogP contribution is -2.31. The van der Waals surface area contributed by atoms with Gasteiger partial charge in [0.25, 0.3) is 0 Å². The maximum Gasteiger partial charge on any atom is 0.209 e. The van der Waals surface area contributed by atoms with Crippen LogP contribution in [0.15, 0.2) is 114 Å². The van der Waals surface area contributed by atoms with E-state index in [1.807, 2.05) is 57.5 Å². The number of para-hydroxylation sites is 1. The third-order valence-electron chi connectivity index (χ3n) is 18.4. The molecule has 80 heavy (non-hydrogen) atoms. The van der Waals surface area contributed by atoms with Crippen molar-refractivity contribution in [3.8, 4) is 42.8 Å². The van der Waals surface area contributed by atoms with E-state index in [1.54, 1.807) is 12.1 Å². The van der Waals surface area contributed by atoms with Gasteiger partial charge in [-0.15, -0.1) is 45.3 Å². The van der Waals surface area contributed by atoms with Crippen molar-refractivity contribution in [1.29, 1.82) is 0 Å². The molecule has 4 aromatic carbocycles. The SMILES string of the molecule is CCCCC(CC)Cc1ccc(-c2c3cc(-c4ccc5c(c4)C(C)(C)C(C=C4C(=O)C(c6c(O)cc(N7c8ccccc8C8CCCC87)cc6O)=C4O)=[N+]5CCCC)sc3c(-c3ccc(CC(CC)CCCC)s3)c3ccsc23)s1. The minimum atomic E-state index is -0.532. The molecule has 0 radical (unpaired) electrons. The number of benzene rings is 4. The molecule has 6 heterocycles. The first-order valence-corrected chi connectivity index (χ1v) is 33.3. The average Bonchev–Trinajstić information content (AvgIpc) is 4.53. The summed E-state index contributed by atoms with van der Waals surface area (Å²) >= 11 is 7.78. The van der Waals surface area contributed by atoms with Crippen LogP contribution in [0.4, 0.5) is 17.1 Å². The molecule has 0 bridgehead atoms. The molecule has 2 aliphatic carbocycles. The molecule has 4 aliphatic rings. The van der Waals surface area contributed by atoms with Crippen molar-refractivity contribution >= 4 is 99.6 Å². The number of aliphatic hydroxyl groups excluding tert-OH is 1. The molecule has 4 unspecified atom stereocenters. The number of ketones is 1. The Kier molecular flexibility index (Phi) is 15.4. The minimum absolute atomic E-state index is 0.0241. The van der Waals surface area contributed by atoms with Crippen LogP contribution in [0.1, 0.15) is 164 Å². The van der Waals surface area contributed by atoms with Gasteiger partial charge in [-0.1, -0.05) is 117 Å². The Balaban J connectivity index is 0.916. The van der Waals surface area contributed by atoms with Gasteiger partial charge in [0, 0.05) is 115 Å². The molecule has 10 heteroatoms. The summed E-state index contributed by atoms with van der Waals surface area (Å²) in [5, 5.41) is 40.2. The lowest BCUT2D eigenvalue weighted by atomic mass is 9.77. The summed E-state index contributed by atoms with van der Waals surface area (Å²) in [7, 11) is 0. The molecule has 3 N–H and O–H groups in total. The van der Waals surface area contributed by atoms with E-state index in [0.29, 0.717) is 23.4 Å². The maximum absolute atomic E-state index is 14.4. The van der Waals surface area contributed by atoms with Crippen molar-refractivity contribution in [2.24, 2.45) is 11.8 Å². The number of allylic oxidation sites excluding steroid dienone is 3. The van der Waals surface area contributed by atoms with Gasteiger partial charge < -0.3 is 20.2 Å². The van der Waals surface area contributed by atoms with Crippen LogP contribution in [-0.2, 0) is 23.1 Å². The van der Waals surface area contributed by atoms with Gasteiger partial charge in [-0.3, -0.25) is 4.79 Å². The van der Waals surface area contributed by atoms with Crippen LogP contribution in [0, 0.1) is 11.8 Å². The van der Waals surface area contributed by atoms with Crippen molar-refractivity contribution in [2.45, 2.75) is 162 Å². The largest absolute Gasteiger partial charge is 0.507 e. The fourth-order valence-corrected chi connectivity index (χ4v) is 18.7. The number of carbonyl (C=O) groups excluding carboxylic acids is 1. The Bertz CT molecular complexity index is 3650. The Hall–Kier alpha value is -5.78. The van der Waals surface area contributed by atoms with Crippen molar-refractivity contribution in [3.63, 3.8) is 0 Å². The molecule has 4 atom stereocenters. The summed E-state index contributed by atoms with van der Waals surface area (Å²) in [6, 6.07) is 33.3. The van der Waals surface area contributed by atoms with Crippen LogP contribution in [-0.4, -0.2) is 44.0 Å². The summed E-state index contributed by atoms with van der Waals surface area (Å²) in [5.74, 6) is 0.762. The summed E-state index contributed by atoms with van der Waals surface area (Å²) < 4.78 is 5.05. The van der Waals surface area contributed by atoms with Gasteiger partial charge in [0.1, 0.15) is 23.8 Å². The first kappa shape index (κ1) is 54.8. The number of hydrogen-bond donors (Lipinski definition) is 3. The number of unbranched alkanes of at least 4 members (excludes halogenated alkanes) is 3. The lowest BCUT2D eigenvalue weighted by Gasteiger charge is -2.29. The van der Waals surface area contributed by atoms with Crippen LogP contribution < -0.4 is 4.90 Å².